The molecule has 3 rings (SSSR count). The Morgan fingerprint density at radius 2 is 1.76 bits per heavy atom. The van der Waals surface area contributed by atoms with Gasteiger partial charge in [-0.2, -0.15) is 0 Å². The average Bonchev–Trinajstić information content (AvgIpc) is 3.22. The number of anilines is 2. The molecule has 0 saturated heterocycles. The maximum absolute atomic E-state index is 13.4. The fraction of sp³-hybridized carbons (Fsp3) is 0.238. The fourth-order valence-electron chi connectivity index (χ4n) is 2.92. The van der Waals surface area contributed by atoms with Crippen LogP contribution in [-0.2, 0) is 24.3 Å². The van der Waals surface area contributed by atoms with Gasteiger partial charge in [-0.15, -0.1) is 10.2 Å². The number of esters is 1. The SMILES string of the molecule is COC(=O)CSc1nnc(NC(=O)CN(c2cc(C)cc(C)c2)S(=O)(=O)c2ccccc2)s1. The van der Waals surface area contributed by atoms with Gasteiger partial charge in [0.25, 0.3) is 10.0 Å². The lowest BCUT2D eigenvalue weighted by molar-refractivity contribution is -0.137. The number of methoxy groups -OCH3 is 1. The van der Waals surface area contributed by atoms with Crippen molar-refractivity contribution in [2.45, 2.75) is 23.1 Å². The molecule has 0 fully saturated rings. The minimum Gasteiger partial charge on any atom is -0.468 e. The van der Waals surface area contributed by atoms with E-state index >= 15 is 0 Å². The van der Waals surface area contributed by atoms with E-state index < -0.39 is 28.4 Å². The number of carbonyl (C=O) groups excluding carboxylic acids is 2. The highest BCUT2D eigenvalue weighted by molar-refractivity contribution is 8.01. The second-order valence-electron chi connectivity index (χ2n) is 6.96. The zero-order valence-corrected chi connectivity index (χ0v) is 20.6. The first-order valence-electron chi connectivity index (χ1n) is 9.68. The van der Waals surface area contributed by atoms with Crippen LogP contribution in [0.2, 0.25) is 0 Å². The van der Waals surface area contributed by atoms with E-state index in [-0.39, 0.29) is 15.8 Å². The van der Waals surface area contributed by atoms with Crippen LogP contribution in [0.25, 0.3) is 0 Å². The molecule has 0 saturated carbocycles. The molecule has 3 aromatic rings. The van der Waals surface area contributed by atoms with Gasteiger partial charge >= 0.3 is 5.97 Å². The third-order valence-corrected chi connectivity index (χ3v) is 8.04. The molecular weight excluding hydrogens is 484 g/mol. The van der Waals surface area contributed by atoms with Crippen LogP contribution in [0.5, 0.6) is 0 Å². The largest absolute Gasteiger partial charge is 0.468 e. The first-order valence-corrected chi connectivity index (χ1v) is 12.9. The number of hydrogen-bond acceptors (Lipinski definition) is 9. The highest BCUT2D eigenvalue weighted by atomic mass is 32.2. The molecule has 9 nitrogen and oxygen atoms in total. The molecule has 0 unspecified atom stereocenters. The summed E-state index contributed by atoms with van der Waals surface area (Å²) >= 11 is 2.21. The molecule has 0 spiro atoms. The van der Waals surface area contributed by atoms with Gasteiger partial charge in [0, 0.05) is 0 Å². The number of benzene rings is 2. The van der Waals surface area contributed by atoms with Crippen molar-refractivity contribution >= 4 is 55.8 Å². The number of rotatable bonds is 9. The van der Waals surface area contributed by atoms with Gasteiger partial charge in [-0.25, -0.2) is 8.42 Å². The summed E-state index contributed by atoms with van der Waals surface area (Å²) in [5.41, 5.74) is 2.13. The van der Waals surface area contributed by atoms with E-state index in [4.69, 9.17) is 0 Å². The highest BCUT2D eigenvalue weighted by Crippen LogP contribution is 2.27. The van der Waals surface area contributed by atoms with Crippen LogP contribution < -0.4 is 9.62 Å². The van der Waals surface area contributed by atoms with E-state index in [0.717, 1.165) is 38.5 Å². The Morgan fingerprint density at radius 1 is 1.09 bits per heavy atom. The lowest BCUT2D eigenvalue weighted by Crippen LogP contribution is -2.38. The molecule has 33 heavy (non-hydrogen) atoms. The maximum Gasteiger partial charge on any atom is 0.316 e. The second kappa shape index (κ2) is 10.8. The van der Waals surface area contributed by atoms with E-state index in [9.17, 15) is 18.0 Å². The second-order valence-corrected chi connectivity index (χ2v) is 11.0. The topological polar surface area (TPSA) is 119 Å². The van der Waals surface area contributed by atoms with Crippen LogP contribution in [0.3, 0.4) is 0 Å². The van der Waals surface area contributed by atoms with Gasteiger partial charge in [0.1, 0.15) is 6.54 Å². The summed E-state index contributed by atoms with van der Waals surface area (Å²) in [6.07, 6.45) is 0. The number of amides is 1. The average molecular weight is 507 g/mol. The summed E-state index contributed by atoms with van der Waals surface area (Å²) in [4.78, 5) is 24.2. The Balaban J connectivity index is 1.83. The molecule has 0 atom stereocenters. The van der Waals surface area contributed by atoms with E-state index in [2.05, 4.69) is 20.3 Å². The van der Waals surface area contributed by atoms with Crippen LogP contribution in [0, 0.1) is 13.8 Å². The highest BCUT2D eigenvalue weighted by Gasteiger charge is 2.28. The van der Waals surface area contributed by atoms with Crippen molar-refractivity contribution in [2.24, 2.45) is 0 Å². The Kier molecular flexibility index (Phi) is 8.06. The van der Waals surface area contributed by atoms with Crippen molar-refractivity contribution in [3.05, 3.63) is 59.7 Å². The number of ether oxygens (including phenoxy) is 1. The minimum absolute atomic E-state index is 0.0644. The zero-order valence-electron chi connectivity index (χ0n) is 18.1. The van der Waals surface area contributed by atoms with Crippen LogP contribution in [0.4, 0.5) is 10.8 Å². The van der Waals surface area contributed by atoms with Crippen molar-refractivity contribution in [3.8, 4) is 0 Å². The molecule has 2 aromatic carbocycles. The predicted octanol–water partition coefficient (Wildman–Crippen LogP) is 3.25. The molecule has 0 aliphatic carbocycles. The van der Waals surface area contributed by atoms with Crippen LogP contribution in [-0.4, -0.2) is 49.9 Å². The van der Waals surface area contributed by atoms with E-state index in [1.54, 1.807) is 30.3 Å². The number of aryl methyl sites for hydroxylation is 2. The summed E-state index contributed by atoms with van der Waals surface area (Å²) < 4.78 is 32.9. The van der Waals surface area contributed by atoms with Crippen molar-refractivity contribution in [1.29, 1.82) is 0 Å². The molecule has 12 heteroatoms. The van der Waals surface area contributed by atoms with Crippen molar-refractivity contribution in [1.82, 2.24) is 10.2 Å². The van der Waals surface area contributed by atoms with Gasteiger partial charge < -0.3 is 4.74 Å². The number of carbonyl (C=O) groups is 2. The summed E-state index contributed by atoms with van der Waals surface area (Å²) in [5.74, 6) is -0.917. The van der Waals surface area contributed by atoms with Gasteiger partial charge in [0.05, 0.1) is 23.4 Å². The van der Waals surface area contributed by atoms with Crippen molar-refractivity contribution < 1.29 is 22.7 Å². The smallest absolute Gasteiger partial charge is 0.316 e. The molecule has 1 N–H and O–H groups in total. The van der Waals surface area contributed by atoms with E-state index in [1.807, 2.05) is 19.9 Å². The number of thioether (sulfide) groups is 1. The van der Waals surface area contributed by atoms with Gasteiger partial charge in [-0.3, -0.25) is 19.2 Å². The third-order valence-electron chi connectivity index (χ3n) is 4.31. The molecule has 1 aromatic heterocycles. The Hall–Kier alpha value is -2.96. The van der Waals surface area contributed by atoms with E-state index in [0.29, 0.717) is 10.0 Å². The standard InChI is InChI=1S/C21H22N4O5S3/c1-14-9-15(2)11-16(10-14)25(33(28,29)17-7-5-4-6-8-17)12-18(26)22-20-23-24-21(32-20)31-13-19(27)30-3/h4-11H,12-13H2,1-3H3,(H,22,23,26). The van der Waals surface area contributed by atoms with E-state index in [1.165, 1.54) is 19.2 Å². The van der Waals surface area contributed by atoms with Crippen molar-refractivity contribution in [3.63, 3.8) is 0 Å². The first-order chi connectivity index (χ1) is 15.7. The van der Waals surface area contributed by atoms with Crippen LogP contribution in [0.1, 0.15) is 11.1 Å². The minimum atomic E-state index is -4.01. The Labute approximate surface area is 200 Å². The van der Waals surface area contributed by atoms with Crippen LogP contribution in [0.15, 0.2) is 57.8 Å². The normalized spacial score (nSPS) is 11.1. The maximum atomic E-state index is 13.4. The molecule has 1 amide bonds. The number of hydrogen-bond donors (Lipinski definition) is 1. The summed E-state index contributed by atoms with van der Waals surface area (Å²) in [6.45, 7) is 3.27. The first kappa shape index (κ1) is 24.7. The van der Waals surface area contributed by atoms with Gasteiger partial charge in [-0.1, -0.05) is 47.4 Å². The zero-order chi connectivity index (χ0) is 24.0. The molecule has 1 heterocycles. The predicted molar refractivity (Wildman–Crippen MR) is 128 cm³/mol. The third kappa shape index (κ3) is 6.53. The molecule has 0 radical (unpaired) electrons. The van der Waals surface area contributed by atoms with Gasteiger partial charge in [0.2, 0.25) is 11.0 Å². The molecule has 0 bridgehead atoms. The number of nitrogens with zero attached hydrogens (tertiary/aromatic N) is 3. The summed E-state index contributed by atoms with van der Waals surface area (Å²) in [5, 5.41) is 10.6. The Morgan fingerprint density at radius 3 is 2.39 bits per heavy atom. The molecular formula is C21H22N4O5S3. The number of nitrogens with one attached hydrogen (secondary N) is 1. The summed E-state index contributed by atoms with van der Waals surface area (Å²) in [7, 11) is -2.72. The Bertz CT molecular complexity index is 1230. The van der Waals surface area contributed by atoms with Crippen molar-refractivity contribution in [2.75, 3.05) is 29.0 Å². The quantitative estimate of drug-likeness (QED) is 0.267. The molecule has 0 aliphatic heterocycles. The lowest BCUT2D eigenvalue weighted by atomic mass is 10.1. The monoisotopic (exact) mass is 506 g/mol. The summed E-state index contributed by atoms with van der Waals surface area (Å²) in [6, 6.07) is 13.3. The van der Waals surface area contributed by atoms with Crippen LogP contribution >= 0.6 is 23.1 Å². The molecule has 0 aliphatic rings. The van der Waals surface area contributed by atoms with Gasteiger partial charge in [0.15, 0.2) is 4.34 Å². The number of sulfonamides is 1. The molecule has 174 valence electrons. The number of aromatic nitrogens is 2. The lowest BCUT2D eigenvalue weighted by Gasteiger charge is -2.24. The fourth-order valence-corrected chi connectivity index (χ4v) is 5.94. The van der Waals surface area contributed by atoms with Gasteiger partial charge in [-0.05, 0) is 49.2 Å².